The van der Waals surface area contributed by atoms with E-state index in [-0.39, 0.29) is 11.1 Å². The molecule has 5 heteroatoms. The number of methoxy groups -OCH3 is 1. The van der Waals surface area contributed by atoms with Crippen LogP contribution in [0.5, 0.6) is 0 Å². The van der Waals surface area contributed by atoms with Crippen molar-refractivity contribution in [2.45, 2.75) is 19.4 Å². The molecule has 0 aromatic heterocycles. The summed E-state index contributed by atoms with van der Waals surface area (Å²) in [5.41, 5.74) is 1.07. The Morgan fingerprint density at radius 2 is 2.33 bits per heavy atom. The van der Waals surface area contributed by atoms with E-state index in [2.05, 4.69) is 10.1 Å². The lowest BCUT2D eigenvalue weighted by atomic mass is 10.1. The summed E-state index contributed by atoms with van der Waals surface area (Å²) in [6.07, 6.45) is 0.152. The summed E-state index contributed by atoms with van der Waals surface area (Å²) >= 11 is 0. The van der Waals surface area contributed by atoms with Crippen LogP contribution in [0.1, 0.15) is 29.3 Å². The Labute approximate surface area is 106 Å². The molecule has 0 amide bonds. The van der Waals surface area contributed by atoms with Gasteiger partial charge >= 0.3 is 5.97 Å². The van der Waals surface area contributed by atoms with Gasteiger partial charge in [0.2, 0.25) is 0 Å². The Bertz CT molecular complexity index is 464. The van der Waals surface area contributed by atoms with Crippen molar-refractivity contribution in [3.05, 3.63) is 29.3 Å². The third kappa shape index (κ3) is 3.47. The zero-order valence-corrected chi connectivity index (χ0v) is 10.4. The van der Waals surface area contributed by atoms with Crippen LogP contribution >= 0.6 is 0 Å². The van der Waals surface area contributed by atoms with Gasteiger partial charge in [-0.1, -0.05) is 6.07 Å². The van der Waals surface area contributed by atoms with Gasteiger partial charge in [-0.15, -0.1) is 0 Å². The highest BCUT2D eigenvalue weighted by atomic mass is 16.5. The highest BCUT2D eigenvalue weighted by Gasteiger charge is 2.14. The molecule has 0 spiro atoms. The van der Waals surface area contributed by atoms with Crippen LogP contribution in [0.3, 0.4) is 0 Å². The average molecular weight is 248 g/mol. The molecule has 5 nitrogen and oxygen atoms in total. The first-order valence-electron chi connectivity index (χ1n) is 5.63. The number of rotatable bonds is 5. The van der Waals surface area contributed by atoms with Crippen LogP contribution in [0, 0.1) is 11.3 Å². The maximum Gasteiger partial charge on any atom is 0.339 e. The minimum absolute atomic E-state index is 0.238. The molecule has 1 aromatic rings. The molecule has 0 bridgehead atoms. The summed E-state index contributed by atoms with van der Waals surface area (Å²) < 4.78 is 4.62. The van der Waals surface area contributed by atoms with Crippen LogP contribution in [-0.2, 0) is 4.74 Å². The van der Waals surface area contributed by atoms with E-state index in [9.17, 15) is 4.79 Å². The van der Waals surface area contributed by atoms with Crippen molar-refractivity contribution in [3.8, 4) is 6.07 Å². The van der Waals surface area contributed by atoms with Crippen LogP contribution in [0.15, 0.2) is 18.2 Å². The number of hydrogen-bond acceptors (Lipinski definition) is 5. The fourth-order valence-corrected chi connectivity index (χ4v) is 1.52. The smallest absolute Gasteiger partial charge is 0.339 e. The van der Waals surface area contributed by atoms with Crippen molar-refractivity contribution in [2.75, 3.05) is 19.0 Å². The standard InChI is InChI=1S/C13H16N2O3/c1-9(16)6-7-15-12-5-3-4-10(11(12)8-14)13(17)18-2/h3-5,9,15-16H,6-7H2,1-2H3. The molecule has 1 rings (SSSR count). The second-order valence-electron chi connectivity index (χ2n) is 3.90. The van der Waals surface area contributed by atoms with Gasteiger partial charge < -0.3 is 15.2 Å². The number of anilines is 1. The zero-order chi connectivity index (χ0) is 13.5. The SMILES string of the molecule is COC(=O)c1cccc(NCCC(C)O)c1C#N. The molecule has 1 atom stereocenters. The molecular weight excluding hydrogens is 232 g/mol. The Morgan fingerprint density at radius 1 is 1.61 bits per heavy atom. The van der Waals surface area contributed by atoms with Gasteiger partial charge in [0.05, 0.1) is 30.0 Å². The molecule has 1 aromatic carbocycles. The first kappa shape index (κ1) is 14.0. The van der Waals surface area contributed by atoms with E-state index < -0.39 is 12.1 Å². The Morgan fingerprint density at radius 3 is 2.89 bits per heavy atom. The summed E-state index contributed by atoms with van der Waals surface area (Å²) in [4.78, 5) is 11.5. The van der Waals surface area contributed by atoms with E-state index in [1.807, 2.05) is 6.07 Å². The second-order valence-corrected chi connectivity index (χ2v) is 3.90. The topological polar surface area (TPSA) is 82.3 Å². The molecule has 0 saturated heterocycles. The highest BCUT2D eigenvalue weighted by Crippen LogP contribution is 2.20. The molecule has 0 fully saturated rings. The maximum absolute atomic E-state index is 11.5. The van der Waals surface area contributed by atoms with Crippen molar-refractivity contribution in [3.63, 3.8) is 0 Å². The predicted molar refractivity (Wildman–Crippen MR) is 67.3 cm³/mol. The number of aliphatic hydroxyl groups excluding tert-OH is 1. The van der Waals surface area contributed by atoms with Gasteiger partial charge in [-0.25, -0.2) is 4.79 Å². The molecular formula is C13H16N2O3. The van der Waals surface area contributed by atoms with E-state index in [0.29, 0.717) is 18.7 Å². The van der Waals surface area contributed by atoms with E-state index in [1.165, 1.54) is 7.11 Å². The van der Waals surface area contributed by atoms with Crippen molar-refractivity contribution >= 4 is 11.7 Å². The summed E-state index contributed by atoms with van der Waals surface area (Å²) in [6.45, 7) is 2.22. The summed E-state index contributed by atoms with van der Waals surface area (Å²) in [6, 6.07) is 6.93. The van der Waals surface area contributed by atoms with Gasteiger partial charge in [0, 0.05) is 6.54 Å². The van der Waals surface area contributed by atoms with E-state index in [1.54, 1.807) is 25.1 Å². The quantitative estimate of drug-likeness (QED) is 0.772. The van der Waals surface area contributed by atoms with Crippen molar-refractivity contribution in [1.29, 1.82) is 5.26 Å². The van der Waals surface area contributed by atoms with Crippen molar-refractivity contribution in [2.24, 2.45) is 0 Å². The zero-order valence-electron chi connectivity index (χ0n) is 10.4. The normalized spacial score (nSPS) is 11.4. The van der Waals surface area contributed by atoms with Crippen LogP contribution in [0.4, 0.5) is 5.69 Å². The van der Waals surface area contributed by atoms with Gasteiger partial charge in [-0.05, 0) is 25.5 Å². The number of benzene rings is 1. The second kappa shape index (κ2) is 6.62. The summed E-state index contributed by atoms with van der Waals surface area (Å²) in [5, 5.41) is 21.3. The Hall–Kier alpha value is -2.06. The maximum atomic E-state index is 11.5. The number of aliphatic hydroxyl groups is 1. The van der Waals surface area contributed by atoms with Crippen LogP contribution in [0.25, 0.3) is 0 Å². The van der Waals surface area contributed by atoms with E-state index in [0.717, 1.165) is 0 Å². The molecule has 96 valence electrons. The van der Waals surface area contributed by atoms with Gasteiger partial charge in [0.1, 0.15) is 6.07 Å². The van der Waals surface area contributed by atoms with Crippen LogP contribution < -0.4 is 5.32 Å². The van der Waals surface area contributed by atoms with Gasteiger partial charge in [0.15, 0.2) is 0 Å². The lowest BCUT2D eigenvalue weighted by Crippen LogP contribution is -2.12. The molecule has 18 heavy (non-hydrogen) atoms. The molecule has 0 saturated carbocycles. The monoisotopic (exact) mass is 248 g/mol. The molecule has 0 aliphatic carbocycles. The first-order chi connectivity index (χ1) is 8.60. The van der Waals surface area contributed by atoms with Gasteiger partial charge in [-0.2, -0.15) is 5.26 Å². The van der Waals surface area contributed by atoms with Crippen molar-refractivity contribution < 1.29 is 14.6 Å². The number of hydrogen-bond donors (Lipinski definition) is 2. The lowest BCUT2D eigenvalue weighted by molar-refractivity contribution is 0.0600. The third-order valence-electron chi connectivity index (χ3n) is 2.46. The number of nitrogens with zero attached hydrogens (tertiary/aromatic N) is 1. The highest BCUT2D eigenvalue weighted by molar-refractivity contribution is 5.94. The summed E-state index contributed by atoms with van der Waals surface area (Å²) in [5.74, 6) is -0.536. The predicted octanol–water partition coefficient (Wildman–Crippen LogP) is 1.53. The third-order valence-corrected chi connectivity index (χ3v) is 2.46. The minimum Gasteiger partial charge on any atom is -0.465 e. The number of nitrogens with one attached hydrogen (secondary N) is 1. The molecule has 0 aliphatic heterocycles. The molecule has 2 N–H and O–H groups in total. The van der Waals surface area contributed by atoms with Crippen LogP contribution in [0.2, 0.25) is 0 Å². The largest absolute Gasteiger partial charge is 0.465 e. The average Bonchev–Trinajstić information content (AvgIpc) is 2.37. The molecule has 0 aliphatic rings. The molecule has 0 radical (unpaired) electrons. The van der Waals surface area contributed by atoms with Crippen molar-refractivity contribution in [1.82, 2.24) is 0 Å². The number of carbonyl (C=O) groups is 1. The van der Waals surface area contributed by atoms with Crippen LogP contribution in [-0.4, -0.2) is 30.8 Å². The molecule has 0 heterocycles. The number of esters is 1. The van der Waals surface area contributed by atoms with Gasteiger partial charge in [0.25, 0.3) is 0 Å². The fourth-order valence-electron chi connectivity index (χ4n) is 1.52. The molecule has 1 unspecified atom stereocenters. The summed E-state index contributed by atoms with van der Waals surface area (Å²) in [7, 11) is 1.27. The number of carbonyl (C=O) groups excluding carboxylic acids is 1. The Balaban J connectivity index is 2.92. The number of nitriles is 1. The lowest BCUT2D eigenvalue weighted by Gasteiger charge is -2.11. The van der Waals surface area contributed by atoms with E-state index >= 15 is 0 Å². The first-order valence-corrected chi connectivity index (χ1v) is 5.63. The van der Waals surface area contributed by atoms with Gasteiger partial charge in [-0.3, -0.25) is 0 Å². The van der Waals surface area contributed by atoms with E-state index in [4.69, 9.17) is 10.4 Å². The Kier molecular flexibility index (Phi) is 5.15. The number of ether oxygens (including phenoxy) is 1. The fraction of sp³-hybridized carbons (Fsp3) is 0.385. The minimum atomic E-state index is -0.536.